The Morgan fingerprint density at radius 3 is 2.32 bits per heavy atom. The van der Waals surface area contributed by atoms with Crippen LogP contribution in [0.4, 0.5) is 0 Å². The molecule has 0 spiro atoms. The van der Waals surface area contributed by atoms with Crippen LogP contribution in [0.5, 0.6) is 0 Å². The van der Waals surface area contributed by atoms with E-state index in [0.717, 1.165) is 39.0 Å². The summed E-state index contributed by atoms with van der Waals surface area (Å²) in [5.41, 5.74) is 0. The molecular weight excluding hydrogens is 242 g/mol. The predicted octanol–water partition coefficient (Wildman–Crippen LogP) is 0.457. The van der Waals surface area contributed by atoms with E-state index in [1.807, 2.05) is 11.8 Å². The maximum atomic E-state index is 12.3. The Labute approximate surface area is 115 Å². The zero-order chi connectivity index (χ0) is 13.7. The van der Waals surface area contributed by atoms with Crippen molar-refractivity contribution in [1.82, 2.24) is 15.1 Å². The predicted molar refractivity (Wildman–Crippen MR) is 73.7 cm³/mol. The van der Waals surface area contributed by atoms with Crippen LogP contribution >= 0.6 is 0 Å². The first-order chi connectivity index (χ1) is 9.20. The second-order valence-electron chi connectivity index (χ2n) is 5.54. The Morgan fingerprint density at radius 1 is 1.11 bits per heavy atom. The minimum absolute atomic E-state index is 0.0815. The Bertz CT molecular complexity index is 319. The first-order valence-electron chi connectivity index (χ1n) is 7.48. The summed E-state index contributed by atoms with van der Waals surface area (Å²) in [6.07, 6.45) is 4.54. The molecule has 0 aromatic rings. The van der Waals surface area contributed by atoms with Crippen LogP contribution in [0.2, 0.25) is 0 Å². The fourth-order valence-corrected chi connectivity index (χ4v) is 3.01. The SMILES string of the molecule is CCNC(=O)CN1CCN(C(=O)C2CCCC2)CC1. The molecule has 5 heteroatoms. The number of carbonyl (C=O) groups excluding carboxylic acids is 2. The molecule has 0 aromatic carbocycles. The Balaban J connectivity index is 1.72. The number of piperazine rings is 1. The summed E-state index contributed by atoms with van der Waals surface area (Å²) in [5.74, 6) is 0.697. The standard InChI is InChI=1S/C14H25N3O2/c1-2-15-13(18)11-16-7-9-17(10-8-16)14(19)12-5-3-4-6-12/h12H,2-11H2,1H3,(H,15,18). The molecule has 1 saturated heterocycles. The molecule has 2 amide bonds. The van der Waals surface area contributed by atoms with Crippen LogP contribution in [0, 0.1) is 5.92 Å². The molecule has 0 aromatic heterocycles. The van der Waals surface area contributed by atoms with Crippen molar-refractivity contribution in [2.24, 2.45) is 5.92 Å². The number of nitrogens with zero attached hydrogens (tertiary/aromatic N) is 2. The minimum atomic E-state index is 0.0815. The van der Waals surface area contributed by atoms with Gasteiger partial charge in [0.15, 0.2) is 0 Å². The van der Waals surface area contributed by atoms with Gasteiger partial charge < -0.3 is 10.2 Å². The molecule has 1 saturated carbocycles. The van der Waals surface area contributed by atoms with Gasteiger partial charge in [-0.2, -0.15) is 0 Å². The van der Waals surface area contributed by atoms with Gasteiger partial charge in [-0.1, -0.05) is 12.8 Å². The Morgan fingerprint density at radius 2 is 1.74 bits per heavy atom. The van der Waals surface area contributed by atoms with Crippen molar-refractivity contribution in [3.8, 4) is 0 Å². The second-order valence-corrected chi connectivity index (χ2v) is 5.54. The highest BCUT2D eigenvalue weighted by atomic mass is 16.2. The van der Waals surface area contributed by atoms with Crippen LogP contribution in [0.25, 0.3) is 0 Å². The highest BCUT2D eigenvalue weighted by Gasteiger charge is 2.29. The van der Waals surface area contributed by atoms with Crippen molar-refractivity contribution in [2.45, 2.75) is 32.6 Å². The lowest BCUT2D eigenvalue weighted by atomic mass is 10.1. The molecule has 0 atom stereocenters. The molecule has 2 fully saturated rings. The molecule has 2 aliphatic rings. The highest BCUT2D eigenvalue weighted by molar-refractivity contribution is 5.79. The van der Waals surface area contributed by atoms with E-state index in [-0.39, 0.29) is 11.8 Å². The highest BCUT2D eigenvalue weighted by Crippen LogP contribution is 2.26. The van der Waals surface area contributed by atoms with Crippen LogP contribution in [-0.4, -0.2) is 60.9 Å². The minimum Gasteiger partial charge on any atom is -0.355 e. The first kappa shape index (κ1) is 14.3. The zero-order valence-electron chi connectivity index (χ0n) is 11.9. The molecule has 1 heterocycles. The smallest absolute Gasteiger partial charge is 0.234 e. The van der Waals surface area contributed by atoms with Crippen molar-refractivity contribution in [3.63, 3.8) is 0 Å². The maximum Gasteiger partial charge on any atom is 0.234 e. The molecule has 1 N–H and O–H groups in total. The summed E-state index contributed by atoms with van der Waals surface area (Å²) in [7, 11) is 0. The van der Waals surface area contributed by atoms with E-state index in [2.05, 4.69) is 10.2 Å². The number of carbonyl (C=O) groups is 2. The van der Waals surface area contributed by atoms with Gasteiger partial charge in [-0.05, 0) is 19.8 Å². The maximum absolute atomic E-state index is 12.3. The third kappa shape index (κ3) is 3.93. The number of hydrogen-bond donors (Lipinski definition) is 1. The lowest BCUT2D eigenvalue weighted by Crippen LogP contribution is -2.52. The van der Waals surface area contributed by atoms with Crippen molar-refractivity contribution in [1.29, 1.82) is 0 Å². The van der Waals surface area contributed by atoms with Gasteiger partial charge in [-0.3, -0.25) is 14.5 Å². The van der Waals surface area contributed by atoms with E-state index in [1.54, 1.807) is 0 Å². The Hall–Kier alpha value is -1.10. The van der Waals surface area contributed by atoms with Crippen molar-refractivity contribution < 1.29 is 9.59 Å². The molecule has 108 valence electrons. The van der Waals surface area contributed by atoms with E-state index in [1.165, 1.54) is 12.8 Å². The summed E-state index contributed by atoms with van der Waals surface area (Å²) in [6, 6.07) is 0. The fourth-order valence-electron chi connectivity index (χ4n) is 3.01. The number of rotatable bonds is 4. The molecule has 2 rings (SSSR count). The molecule has 0 bridgehead atoms. The largest absolute Gasteiger partial charge is 0.355 e. The third-order valence-electron chi connectivity index (χ3n) is 4.13. The lowest BCUT2D eigenvalue weighted by Gasteiger charge is -2.35. The summed E-state index contributed by atoms with van der Waals surface area (Å²) in [6.45, 7) is 6.24. The number of likely N-dealkylation sites (N-methyl/N-ethyl adjacent to an activating group) is 1. The number of nitrogens with one attached hydrogen (secondary N) is 1. The van der Waals surface area contributed by atoms with E-state index in [4.69, 9.17) is 0 Å². The van der Waals surface area contributed by atoms with Crippen LogP contribution in [0.1, 0.15) is 32.6 Å². The molecule has 19 heavy (non-hydrogen) atoms. The van der Waals surface area contributed by atoms with E-state index < -0.39 is 0 Å². The van der Waals surface area contributed by atoms with Gasteiger partial charge in [0.05, 0.1) is 6.54 Å². The summed E-state index contributed by atoms with van der Waals surface area (Å²) in [5, 5.41) is 2.81. The zero-order valence-corrected chi connectivity index (χ0v) is 11.9. The quantitative estimate of drug-likeness (QED) is 0.805. The van der Waals surface area contributed by atoms with Gasteiger partial charge in [0.25, 0.3) is 0 Å². The van der Waals surface area contributed by atoms with E-state index in [9.17, 15) is 9.59 Å². The number of hydrogen-bond acceptors (Lipinski definition) is 3. The summed E-state index contributed by atoms with van der Waals surface area (Å²) >= 11 is 0. The van der Waals surface area contributed by atoms with Crippen LogP contribution in [0.3, 0.4) is 0 Å². The van der Waals surface area contributed by atoms with Gasteiger partial charge in [0.1, 0.15) is 0 Å². The molecule has 0 unspecified atom stereocenters. The molecule has 5 nitrogen and oxygen atoms in total. The topological polar surface area (TPSA) is 52.7 Å². The first-order valence-corrected chi connectivity index (χ1v) is 7.48. The van der Waals surface area contributed by atoms with Gasteiger partial charge in [-0.15, -0.1) is 0 Å². The molecule has 1 aliphatic carbocycles. The monoisotopic (exact) mass is 267 g/mol. The Kier molecular flexibility index (Phi) is 5.19. The van der Waals surface area contributed by atoms with Gasteiger partial charge >= 0.3 is 0 Å². The number of amides is 2. The lowest BCUT2D eigenvalue weighted by molar-refractivity contribution is -0.137. The van der Waals surface area contributed by atoms with Crippen molar-refractivity contribution in [2.75, 3.05) is 39.3 Å². The van der Waals surface area contributed by atoms with Gasteiger partial charge in [0.2, 0.25) is 11.8 Å². The van der Waals surface area contributed by atoms with Gasteiger partial charge in [-0.25, -0.2) is 0 Å². The summed E-state index contributed by atoms with van der Waals surface area (Å²) in [4.78, 5) is 27.9. The van der Waals surface area contributed by atoms with Crippen molar-refractivity contribution in [3.05, 3.63) is 0 Å². The molecular formula is C14H25N3O2. The third-order valence-corrected chi connectivity index (χ3v) is 4.13. The van der Waals surface area contributed by atoms with Crippen LogP contribution in [0.15, 0.2) is 0 Å². The van der Waals surface area contributed by atoms with E-state index >= 15 is 0 Å². The van der Waals surface area contributed by atoms with E-state index in [0.29, 0.717) is 19.0 Å². The van der Waals surface area contributed by atoms with Crippen molar-refractivity contribution >= 4 is 11.8 Å². The fraction of sp³-hybridized carbons (Fsp3) is 0.857. The average Bonchev–Trinajstić information content (AvgIpc) is 2.93. The molecule has 0 radical (unpaired) electrons. The summed E-state index contributed by atoms with van der Waals surface area (Å²) < 4.78 is 0. The molecule has 1 aliphatic heterocycles. The normalized spacial score (nSPS) is 21.6. The van der Waals surface area contributed by atoms with Crippen LogP contribution in [-0.2, 0) is 9.59 Å². The van der Waals surface area contributed by atoms with Crippen LogP contribution < -0.4 is 5.32 Å². The van der Waals surface area contributed by atoms with Gasteiger partial charge in [0, 0.05) is 38.6 Å². The second kappa shape index (κ2) is 6.89. The average molecular weight is 267 g/mol.